The van der Waals surface area contributed by atoms with Gasteiger partial charge in [-0.1, -0.05) is 48.5 Å². The minimum atomic E-state index is -0.540. The van der Waals surface area contributed by atoms with Gasteiger partial charge < -0.3 is 4.74 Å². The molecular weight excluding hydrogens is 305 g/mol. The molecular formula is C20H12FNO2. The lowest BCUT2D eigenvalue weighted by molar-refractivity contribution is -0.129. The molecule has 0 N–H and O–H groups in total. The van der Waals surface area contributed by atoms with Crippen LogP contribution in [0.25, 0.3) is 16.8 Å². The van der Waals surface area contributed by atoms with Crippen LogP contribution in [0.4, 0.5) is 4.39 Å². The molecule has 0 unspecified atom stereocenters. The molecule has 0 aromatic heterocycles. The van der Waals surface area contributed by atoms with Crippen LogP contribution in [0, 0.1) is 5.82 Å². The van der Waals surface area contributed by atoms with Crippen LogP contribution in [0.1, 0.15) is 11.1 Å². The van der Waals surface area contributed by atoms with E-state index in [1.807, 2.05) is 42.5 Å². The molecule has 0 saturated heterocycles. The van der Waals surface area contributed by atoms with Gasteiger partial charge in [0.15, 0.2) is 5.70 Å². The highest BCUT2D eigenvalue weighted by atomic mass is 19.1. The second kappa shape index (κ2) is 5.74. The number of benzene rings is 3. The molecule has 4 rings (SSSR count). The lowest BCUT2D eigenvalue weighted by atomic mass is 10.0. The Morgan fingerprint density at radius 2 is 1.75 bits per heavy atom. The number of carbonyl (C=O) groups excluding carboxylic acids is 1. The van der Waals surface area contributed by atoms with Crippen molar-refractivity contribution < 1.29 is 13.9 Å². The molecule has 1 aliphatic heterocycles. The number of ether oxygens (including phenoxy) is 1. The second-order valence-corrected chi connectivity index (χ2v) is 5.41. The number of aliphatic imine (C=N–C) groups is 1. The minimum absolute atomic E-state index is 0.117. The molecule has 1 heterocycles. The van der Waals surface area contributed by atoms with Gasteiger partial charge >= 0.3 is 5.97 Å². The summed E-state index contributed by atoms with van der Waals surface area (Å²) < 4.78 is 18.5. The van der Waals surface area contributed by atoms with Gasteiger partial charge in [0.2, 0.25) is 5.90 Å². The number of nitrogens with zero attached hydrogens (tertiary/aromatic N) is 1. The maximum atomic E-state index is 13.3. The molecule has 0 spiro atoms. The Labute approximate surface area is 137 Å². The standard InChI is InChI=1S/C20H12FNO2/c21-16-9-4-8-15(11-16)19-22-18(20(23)24-19)12-14-7-3-6-13-5-1-2-10-17(13)14/h1-12H/b18-12-. The zero-order valence-corrected chi connectivity index (χ0v) is 12.6. The van der Waals surface area contributed by atoms with Gasteiger partial charge in [0, 0.05) is 5.56 Å². The van der Waals surface area contributed by atoms with E-state index in [0.29, 0.717) is 5.56 Å². The Kier molecular flexibility index (Phi) is 3.43. The number of hydrogen-bond donors (Lipinski definition) is 0. The molecule has 1 aliphatic rings. The van der Waals surface area contributed by atoms with Crippen molar-refractivity contribution in [2.24, 2.45) is 4.99 Å². The number of fused-ring (bicyclic) bond motifs is 1. The third-order valence-electron chi connectivity index (χ3n) is 3.81. The second-order valence-electron chi connectivity index (χ2n) is 5.41. The normalized spacial score (nSPS) is 15.6. The summed E-state index contributed by atoms with van der Waals surface area (Å²) in [5, 5.41) is 2.10. The predicted octanol–water partition coefficient (Wildman–Crippen LogP) is 4.32. The van der Waals surface area contributed by atoms with Crippen molar-refractivity contribution in [1.29, 1.82) is 0 Å². The molecule has 116 valence electrons. The van der Waals surface area contributed by atoms with Gasteiger partial charge in [-0.2, -0.15) is 0 Å². The quantitative estimate of drug-likeness (QED) is 0.521. The molecule has 4 heteroatoms. The van der Waals surface area contributed by atoms with E-state index in [1.54, 1.807) is 18.2 Å². The average Bonchev–Trinajstić information content (AvgIpc) is 2.96. The molecule has 0 bridgehead atoms. The highest BCUT2D eigenvalue weighted by molar-refractivity contribution is 6.13. The van der Waals surface area contributed by atoms with Crippen molar-refractivity contribution in [3.63, 3.8) is 0 Å². The monoisotopic (exact) mass is 317 g/mol. The van der Waals surface area contributed by atoms with Gasteiger partial charge in [0.25, 0.3) is 0 Å². The van der Waals surface area contributed by atoms with E-state index in [-0.39, 0.29) is 11.6 Å². The Hall–Kier alpha value is -3.27. The third-order valence-corrected chi connectivity index (χ3v) is 3.81. The summed E-state index contributed by atoms with van der Waals surface area (Å²) in [6.07, 6.45) is 1.69. The summed E-state index contributed by atoms with van der Waals surface area (Å²) in [4.78, 5) is 16.3. The van der Waals surface area contributed by atoms with Gasteiger partial charge in [-0.15, -0.1) is 0 Å². The van der Waals surface area contributed by atoms with Crippen molar-refractivity contribution in [1.82, 2.24) is 0 Å². The first-order valence-electron chi connectivity index (χ1n) is 7.47. The van der Waals surface area contributed by atoms with Crippen LogP contribution in [-0.4, -0.2) is 11.9 Å². The maximum Gasteiger partial charge on any atom is 0.363 e. The van der Waals surface area contributed by atoms with Gasteiger partial charge in [-0.25, -0.2) is 14.2 Å². The first kappa shape index (κ1) is 14.3. The van der Waals surface area contributed by atoms with Crippen LogP contribution < -0.4 is 0 Å². The Morgan fingerprint density at radius 1 is 0.958 bits per heavy atom. The van der Waals surface area contributed by atoms with Crippen LogP contribution in [0.3, 0.4) is 0 Å². The molecule has 0 amide bonds. The van der Waals surface area contributed by atoms with Gasteiger partial charge in [0.1, 0.15) is 5.82 Å². The molecule has 3 aromatic carbocycles. The van der Waals surface area contributed by atoms with E-state index >= 15 is 0 Å². The number of carbonyl (C=O) groups is 1. The van der Waals surface area contributed by atoms with Crippen LogP contribution in [-0.2, 0) is 9.53 Å². The first-order chi connectivity index (χ1) is 11.7. The lowest BCUT2D eigenvalue weighted by Gasteiger charge is -2.01. The summed E-state index contributed by atoms with van der Waals surface area (Å²) in [6.45, 7) is 0. The fourth-order valence-electron chi connectivity index (χ4n) is 2.68. The zero-order chi connectivity index (χ0) is 16.5. The fraction of sp³-hybridized carbons (Fsp3) is 0. The highest BCUT2D eigenvalue weighted by Crippen LogP contribution is 2.24. The Balaban J connectivity index is 1.78. The van der Waals surface area contributed by atoms with Crippen LogP contribution >= 0.6 is 0 Å². The van der Waals surface area contributed by atoms with Crippen molar-refractivity contribution in [2.45, 2.75) is 0 Å². The Morgan fingerprint density at radius 3 is 2.62 bits per heavy atom. The third kappa shape index (κ3) is 2.58. The molecule has 0 aliphatic carbocycles. The molecule has 3 nitrogen and oxygen atoms in total. The SMILES string of the molecule is O=C1OC(c2cccc(F)c2)=N/C1=C\c1cccc2ccccc12. The molecule has 0 radical (unpaired) electrons. The zero-order valence-electron chi connectivity index (χ0n) is 12.6. The van der Waals surface area contributed by atoms with Crippen molar-refractivity contribution in [2.75, 3.05) is 0 Å². The van der Waals surface area contributed by atoms with E-state index in [9.17, 15) is 9.18 Å². The lowest BCUT2D eigenvalue weighted by Crippen LogP contribution is -2.05. The minimum Gasteiger partial charge on any atom is -0.402 e. The molecule has 0 fully saturated rings. The summed E-state index contributed by atoms with van der Waals surface area (Å²) in [7, 11) is 0. The van der Waals surface area contributed by atoms with E-state index in [0.717, 1.165) is 16.3 Å². The van der Waals surface area contributed by atoms with Gasteiger partial charge in [0.05, 0.1) is 0 Å². The van der Waals surface area contributed by atoms with E-state index < -0.39 is 11.8 Å². The van der Waals surface area contributed by atoms with Crippen molar-refractivity contribution >= 4 is 28.7 Å². The molecule has 3 aromatic rings. The summed E-state index contributed by atoms with van der Waals surface area (Å²) in [5.41, 5.74) is 1.51. The van der Waals surface area contributed by atoms with E-state index in [1.165, 1.54) is 12.1 Å². The highest BCUT2D eigenvalue weighted by Gasteiger charge is 2.24. The molecule has 0 atom stereocenters. The number of esters is 1. The van der Waals surface area contributed by atoms with Crippen LogP contribution in [0.2, 0.25) is 0 Å². The summed E-state index contributed by atoms with van der Waals surface area (Å²) in [5.74, 6) is -0.828. The first-order valence-corrected chi connectivity index (χ1v) is 7.47. The largest absolute Gasteiger partial charge is 0.402 e. The number of halogens is 1. The van der Waals surface area contributed by atoms with Gasteiger partial charge in [-0.3, -0.25) is 0 Å². The number of rotatable bonds is 2. The predicted molar refractivity (Wildman–Crippen MR) is 91.0 cm³/mol. The molecule has 0 saturated carbocycles. The topological polar surface area (TPSA) is 38.7 Å². The Bertz CT molecular complexity index is 1020. The van der Waals surface area contributed by atoms with E-state index in [4.69, 9.17) is 4.74 Å². The van der Waals surface area contributed by atoms with Crippen molar-refractivity contribution in [3.8, 4) is 0 Å². The molecule has 24 heavy (non-hydrogen) atoms. The van der Waals surface area contributed by atoms with Crippen LogP contribution in [0.15, 0.2) is 77.4 Å². The van der Waals surface area contributed by atoms with Crippen molar-refractivity contribution in [3.05, 3.63) is 89.4 Å². The number of hydrogen-bond acceptors (Lipinski definition) is 3. The van der Waals surface area contributed by atoms with Gasteiger partial charge in [-0.05, 0) is 40.6 Å². The smallest absolute Gasteiger partial charge is 0.363 e. The van der Waals surface area contributed by atoms with E-state index in [2.05, 4.69) is 4.99 Å². The number of cyclic esters (lactones) is 1. The maximum absolute atomic E-state index is 13.3. The average molecular weight is 317 g/mol. The summed E-state index contributed by atoms with van der Waals surface area (Å²) in [6, 6.07) is 19.5. The summed E-state index contributed by atoms with van der Waals surface area (Å²) >= 11 is 0. The fourth-order valence-corrected chi connectivity index (χ4v) is 2.68. The van der Waals surface area contributed by atoms with Crippen LogP contribution in [0.5, 0.6) is 0 Å².